The summed E-state index contributed by atoms with van der Waals surface area (Å²) in [6, 6.07) is 14.8. The third-order valence-electron chi connectivity index (χ3n) is 4.44. The highest BCUT2D eigenvalue weighted by molar-refractivity contribution is 7.09. The molecule has 1 aliphatic heterocycles. The number of benzene rings is 1. The second-order valence-electron chi connectivity index (χ2n) is 6.36. The van der Waals surface area contributed by atoms with Crippen molar-refractivity contribution in [1.82, 2.24) is 4.90 Å². The van der Waals surface area contributed by atoms with Crippen molar-refractivity contribution in [3.63, 3.8) is 0 Å². The highest BCUT2D eigenvalue weighted by Crippen LogP contribution is 2.23. The van der Waals surface area contributed by atoms with E-state index in [-0.39, 0.29) is 0 Å². The van der Waals surface area contributed by atoms with Crippen LogP contribution in [0.3, 0.4) is 0 Å². The molecule has 2 aromatic rings. The molecule has 0 bridgehead atoms. The maximum Gasteiger partial charge on any atom is 0.0818 e. The standard InChI is InChI=1S/C19H25NO2S/c21-19(9-12-22-13-10-19)16-20(11-8-18-7-4-14-23-18)15-17-5-2-1-3-6-17/h1-7,14,21H,8-13,15-16H2. The Morgan fingerprint density at radius 3 is 2.57 bits per heavy atom. The van der Waals surface area contributed by atoms with E-state index in [9.17, 15) is 5.11 Å². The average Bonchev–Trinajstić information content (AvgIpc) is 3.07. The Hall–Kier alpha value is -1.20. The van der Waals surface area contributed by atoms with Gasteiger partial charge in [0.1, 0.15) is 0 Å². The molecule has 23 heavy (non-hydrogen) atoms. The molecule has 2 heterocycles. The van der Waals surface area contributed by atoms with Gasteiger partial charge in [0.05, 0.1) is 5.60 Å². The van der Waals surface area contributed by atoms with Gasteiger partial charge in [0.15, 0.2) is 0 Å². The highest BCUT2D eigenvalue weighted by atomic mass is 32.1. The molecule has 0 unspecified atom stereocenters. The quantitative estimate of drug-likeness (QED) is 0.845. The zero-order chi connectivity index (χ0) is 16.0. The normalized spacial score (nSPS) is 17.5. The lowest BCUT2D eigenvalue weighted by Crippen LogP contribution is -2.47. The molecule has 1 fully saturated rings. The van der Waals surface area contributed by atoms with Crippen LogP contribution >= 0.6 is 11.3 Å². The van der Waals surface area contributed by atoms with Gasteiger partial charge in [0.25, 0.3) is 0 Å². The predicted molar refractivity (Wildman–Crippen MR) is 94.7 cm³/mol. The molecule has 1 N–H and O–H groups in total. The van der Waals surface area contributed by atoms with Gasteiger partial charge in [-0.2, -0.15) is 0 Å². The Morgan fingerprint density at radius 1 is 1.09 bits per heavy atom. The first kappa shape index (κ1) is 16.7. The van der Waals surface area contributed by atoms with Crippen molar-refractivity contribution in [2.24, 2.45) is 0 Å². The molecule has 1 aromatic carbocycles. The SMILES string of the molecule is OC1(CN(CCc2cccs2)Cc2ccccc2)CCOCC1. The molecule has 0 radical (unpaired) electrons. The minimum Gasteiger partial charge on any atom is -0.388 e. The van der Waals surface area contributed by atoms with E-state index in [1.807, 2.05) is 17.4 Å². The van der Waals surface area contributed by atoms with Crippen molar-refractivity contribution in [2.75, 3.05) is 26.3 Å². The number of aliphatic hydroxyl groups is 1. The van der Waals surface area contributed by atoms with E-state index in [0.29, 0.717) is 13.2 Å². The predicted octanol–water partition coefficient (Wildman–Crippen LogP) is 3.33. The lowest BCUT2D eigenvalue weighted by molar-refractivity contribution is -0.0808. The number of thiophene rings is 1. The molecule has 124 valence electrons. The molecule has 1 saturated heterocycles. The summed E-state index contributed by atoms with van der Waals surface area (Å²) in [6.07, 6.45) is 2.51. The van der Waals surface area contributed by atoms with E-state index in [1.165, 1.54) is 10.4 Å². The third-order valence-corrected chi connectivity index (χ3v) is 5.38. The Morgan fingerprint density at radius 2 is 1.87 bits per heavy atom. The number of ether oxygens (including phenoxy) is 1. The van der Waals surface area contributed by atoms with Crippen LogP contribution in [0, 0.1) is 0 Å². The van der Waals surface area contributed by atoms with E-state index in [4.69, 9.17) is 4.74 Å². The molecule has 1 aliphatic rings. The zero-order valence-corrected chi connectivity index (χ0v) is 14.3. The molecule has 3 rings (SSSR count). The number of hydrogen-bond donors (Lipinski definition) is 1. The van der Waals surface area contributed by atoms with Gasteiger partial charge in [-0.25, -0.2) is 0 Å². The van der Waals surface area contributed by atoms with Crippen LogP contribution in [0.2, 0.25) is 0 Å². The van der Waals surface area contributed by atoms with Crippen LogP contribution < -0.4 is 0 Å². The van der Waals surface area contributed by atoms with E-state index < -0.39 is 5.60 Å². The topological polar surface area (TPSA) is 32.7 Å². The second-order valence-corrected chi connectivity index (χ2v) is 7.39. The second kappa shape index (κ2) is 8.06. The summed E-state index contributed by atoms with van der Waals surface area (Å²) in [5, 5.41) is 13.0. The molecule has 1 aromatic heterocycles. The van der Waals surface area contributed by atoms with Gasteiger partial charge < -0.3 is 9.84 Å². The summed E-state index contributed by atoms with van der Waals surface area (Å²) in [7, 11) is 0. The molecule has 0 atom stereocenters. The molecule has 0 amide bonds. The lowest BCUT2D eigenvalue weighted by Gasteiger charge is -2.37. The first-order valence-electron chi connectivity index (χ1n) is 8.32. The van der Waals surface area contributed by atoms with Gasteiger partial charge in [-0.3, -0.25) is 4.90 Å². The monoisotopic (exact) mass is 331 g/mol. The van der Waals surface area contributed by atoms with Crippen molar-refractivity contribution < 1.29 is 9.84 Å². The van der Waals surface area contributed by atoms with Crippen molar-refractivity contribution >= 4 is 11.3 Å². The fraction of sp³-hybridized carbons (Fsp3) is 0.474. The van der Waals surface area contributed by atoms with E-state index >= 15 is 0 Å². The summed E-state index contributed by atoms with van der Waals surface area (Å²) >= 11 is 1.81. The minimum absolute atomic E-state index is 0.609. The maximum atomic E-state index is 10.9. The fourth-order valence-corrected chi connectivity index (χ4v) is 3.80. The molecule has 3 nitrogen and oxygen atoms in total. The number of rotatable bonds is 7. The Labute approximate surface area is 142 Å². The first-order valence-corrected chi connectivity index (χ1v) is 9.20. The lowest BCUT2D eigenvalue weighted by atomic mass is 9.93. The van der Waals surface area contributed by atoms with Crippen LogP contribution in [0.1, 0.15) is 23.3 Å². The largest absolute Gasteiger partial charge is 0.388 e. The third kappa shape index (κ3) is 5.15. The van der Waals surface area contributed by atoms with Crippen molar-refractivity contribution in [3.05, 3.63) is 58.3 Å². The maximum absolute atomic E-state index is 10.9. The molecule has 0 spiro atoms. The van der Waals surface area contributed by atoms with Gasteiger partial charge in [0.2, 0.25) is 0 Å². The minimum atomic E-state index is -0.609. The van der Waals surface area contributed by atoms with Gasteiger partial charge in [-0.1, -0.05) is 36.4 Å². The summed E-state index contributed by atoms with van der Waals surface area (Å²) in [4.78, 5) is 3.79. The van der Waals surface area contributed by atoms with Crippen molar-refractivity contribution in [3.8, 4) is 0 Å². The molecule has 0 saturated carbocycles. The number of nitrogens with zero attached hydrogens (tertiary/aromatic N) is 1. The number of hydrogen-bond acceptors (Lipinski definition) is 4. The van der Waals surface area contributed by atoms with Gasteiger partial charge in [-0.05, 0) is 23.4 Å². The van der Waals surface area contributed by atoms with Gasteiger partial charge in [0, 0.05) is 50.6 Å². The molecule has 4 heteroatoms. The van der Waals surface area contributed by atoms with Crippen LogP contribution in [0.25, 0.3) is 0 Å². The van der Waals surface area contributed by atoms with Crippen molar-refractivity contribution in [1.29, 1.82) is 0 Å². The van der Waals surface area contributed by atoms with Gasteiger partial charge in [-0.15, -0.1) is 11.3 Å². The van der Waals surface area contributed by atoms with Crippen LogP contribution in [0.15, 0.2) is 47.8 Å². The van der Waals surface area contributed by atoms with Crippen LogP contribution in [0.4, 0.5) is 0 Å². The zero-order valence-electron chi connectivity index (χ0n) is 13.5. The van der Waals surface area contributed by atoms with Crippen LogP contribution in [-0.2, 0) is 17.7 Å². The smallest absolute Gasteiger partial charge is 0.0818 e. The molecular weight excluding hydrogens is 306 g/mol. The Bertz CT molecular complexity index is 564. The summed E-state index contributed by atoms with van der Waals surface area (Å²) in [5.41, 5.74) is 0.692. The summed E-state index contributed by atoms with van der Waals surface area (Å²) in [5.74, 6) is 0. The van der Waals surface area contributed by atoms with E-state index in [2.05, 4.69) is 46.7 Å². The van der Waals surface area contributed by atoms with Gasteiger partial charge >= 0.3 is 0 Å². The van der Waals surface area contributed by atoms with E-state index in [0.717, 1.165) is 38.9 Å². The first-order chi connectivity index (χ1) is 11.2. The summed E-state index contributed by atoms with van der Waals surface area (Å²) in [6.45, 7) is 3.91. The average molecular weight is 331 g/mol. The van der Waals surface area contributed by atoms with Crippen LogP contribution in [-0.4, -0.2) is 41.9 Å². The Balaban J connectivity index is 1.64. The summed E-state index contributed by atoms with van der Waals surface area (Å²) < 4.78 is 5.41. The fourth-order valence-electron chi connectivity index (χ4n) is 3.10. The highest BCUT2D eigenvalue weighted by Gasteiger charge is 2.31. The van der Waals surface area contributed by atoms with Crippen LogP contribution in [0.5, 0.6) is 0 Å². The molecule has 0 aliphatic carbocycles. The van der Waals surface area contributed by atoms with Crippen molar-refractivity contribution in [2.45, 2.75) is 31.4 Å². The molecular formula is C19H25NO2S. The Kier molecular flexibility index (Phi) is 5.84. The van der Waals surface area contributed by atoms with E-state index in [1.54, 1.807) is 0 Å².